The fourth-order valence-corrected chi connectivity index (χ4v) is 6.20. The van der Waals surface area contributed by atoms with Gasteiger partial charge in [0, 0.05) is 2.85 Å². The number of hydrogen-bond acceptors (Lipinski definition) is 0. The van der Waals surface area contributed by atoms with E-state index in [9.17, 15) is 0 Å². The molecule has 0 amide bonds. The Bertz CT molecular complexity index is 312. The van der Waals surface area contributed by atoms with E-state index in [0.29, 0.717) is 0 Å². The van der Waals surface area contributed by atoms with Crippen LogP contribution in [-0.2, 0) is 0 Å². The van der Waals surface area contributed by atoms with Gasteiger partial charge in [-0.15, -0.1) is 0 Å². The van der Waals surface area contributed by atoms with Crippen molar-refractivity contribution in [2.24, 2.45) is 35.5 Å². The zero-order valence-electron chi connectivity index (χ0n) is 15.9. The lowest BCUT2D eigenvalue weighted by Crippen LogP contribution is -2.29. The molecule has 2 N–H and O–H groups in total. The molecule has 140 valence electrons. The van der Waals surface area contributed by atoms with E-state index in [-0.39, 0.29) is 8.33 Å². The van der Waals surface area contributed by atoms with E-state index in [1.165, 1.54) is 25.7 Å². The summed E-state index contributed by atoms with van der Waals surface area (Å²) < 4.78 is 0. The Labute approximate surface area is 148 Å². The second-order valence-electron chi connectivity index (χ2n) is 9.26. The Hall–Kier alpha value is -0.0400. The van der Waals surface area contributed by atoms with E-state index >= 15 is 0 Å². The van der Waals surface area contributed by atoms with Gasteiger partial charge in [-0.25, -0.2) is 0 Å². The van der Waals surface area contributed by atoms with Crippen LogP contribution in [0.4, 0.5) is 0 Å². The van der Waals surface area contributed by atoms with Crippen molar-refractivity contribution < 1.29 is 8.33 Å². The van der Waals surface area contributed by atoms with Crippen molar-refractivity contribution in [2.75, 3.05) is 0 Å². The minimum Gasteiger partial charge on any atom is -0.412 e. The molecular formula is C22H46O. The minimum absolute atomic E-state index is 0. The Balaban J connectivity index is 0.00000192. The van der Waals surface area contributed by atoms with Crippen molar-refractivity contribution in [3.8, 4) is 0 Å². The summed E-state index contributed by atoms with van der Waals surface area (Å²) >= 11 is 0. The van der Waals surface area contributed by atoms with Crippen molar-refractivity contribution in [3.63, 3.8) is 0 Å². The molecule has 0 aromatic rings. The molecule has 23 heavy (non-hydrogen) atoms. The van der Waals surface area contributed by atoms with Crippen LogP contribution in [0.3, 0.4) is 0 Å². The van der Waals surface area contributed by atoms with E-state index in [1.54, 1.807) is 64.2 Å². The van der Waals surface area contributed by atoms with E-state index in [2.05, 4.69) is 13.8 Å². The molecule has 3 fully saturated rings. The highest BCUT2D eigenvalue weighted by molar-refractivity contribution is 4.85. The first-order chi connectivity index (χ1) is 10.8. The fraction of sp³-hybridized carbons (Fsp3) is 1.00. The topological polar surface area (TPSA) is 31.5 Å². The Morgan fingerprint density at radius 2 is 0.957 bits per heavy atom. The van der Waals surface area contributed by atoms with Gasteiger partial charge in [-0.3, -0.25) is 0 Å². The van der Waals surface area contributed by atoms with Gasteiger partial charge in [0.1, 0.15) is 0 Å². The van der Waals surface area contributed by atoms with Crippen molar-refractivity contribution >= 4 is 0 Å². The molecule has 0 atom stereocenters. The minimum atomic E-state index is 0. The summed E-state index contributed by atoms with van der Waals surface area (Å²) in [5.74, 6) is 6.55. The van der Waals surface area contributed by atoms with Gasteiger partial charge in [0.15, 0.2) is 0 Å². The molecular weight excluding hydrogens is 280 g/mol. The maximum absolute atomic E-state index is 2.46. The molecule has 3 aliphatic rings. The molecule has 0 saturated heterocycles. The summed E-state index contributed by atoms with van der Waals surface area (Å²) in [6.07, 6.45) is 21.6. The third kappa shape index (κ3) is 5.21. The number of rotatable bonds is 4. The summed E-state index contributed by atoms with van der Waals surface area (Å²) in [5.41, 5.74) is 0. The standard InChI is InChI=1S/C22H40.H2O.2H2/c1-3-4-18-7-11-20(12-8-18)22-15-13-21(14-16-22)19-9-5-17(2)6-10-19;;;/h17-22H,3-16H2,1-2H3;1H2;2*1H. The Morgan fingerprint density at radius 3 is 1.35 bits per heavy atom. The van der Waals surface area contributed by atoms with Crippen LogP contribution in [0, 0.1) is 35.5 Å². The van der Waals surface area contributed by atoms with Crippen LogP contribution >= 0.6 is 0 Å². The summed E-state index contributed by atoms with van der Waals surface area (Å²) in [7, 11) is 0. The summed E-state index contributed by atoms with van der Waals surface area (Å²) in [4.78, 5) is 0. The lowest BCUT2D eigenvalue weighted by Gasteiger charge is -2.41. The predicted octanol–water partition coefficient (Wildman–Crippen LogP) is 6.89. The van der Waals surface area contributed by atoms with Crippen LogP contribution in [0.5, 0.6) is 0 Å². The van der Waals surface area contributed by atoms with Crippen LogP contribution < -0.4 is 0 Å². The number of hydrogen-bond donors (Lipinski definition) is 0. The molecule has 0 aromatic heterocycles. The second kappa shape index (κ2) is 9.44. The average Bonchev–Trinajstić information content (AvgIpc) is 2.57. The first-order valence-electron chi connectivity index (χ1n) is 10.8. The van der Waals surface area contributed by atoms with Gasteiger partial charge >= 0.3 is 0 Å². The van der Waals surface area contributed by atoms with Crippen LogP contribution in [0.2, 0.25) is 0 Å². The Kier molecular flexibility index (Phi) is 7.92. The second-order valence-corrected chi connectivity index (χ2v) is 9.26. The zero-order valence-corrected chi connectivity index (χ0v) is 15.9. The van der Waals surface area contributed by atoms with Crippen molar-refractivity contribution in [1.29, 1.82) is 0 Å². The normalized spacial score (nSPS) is 42.0. The summed E-state index contributed by atoms with van der Waals surface area (Å²) in [6.45, 7) is 4.82. The fourth-order valence-electron chi connectivity index (χ4n) is 6.20. The highest BCUT2D eigenvalue weighted by Crippen LogP contribution is 2.46. The summed E-state index contributed by atoms with van der Waals surface area (Å²) in [5, 5.41) is 0. The average molecular weight is 327 g/mol. The molecule has 0 radical (unpaired) electrons. The quantitative estimate of drug-likeness (QED) is 0.538. The molecule has 0 aromatic carbocycles. The third-order valence-electron chi connectivity index (χ3n) is 7.80. The zero-order chi connectivity index (χ0) is 15.4. The molecule has 0 unspecified atom stereocenters. The highest BCUT2D eigenvalue weighted by Gasteiger charge is 2.34. The SMILES string of the molecule is CCCC1CCC(C2CCC(C3CCC(C)CC3)CC2)CC1.O.[HH].[HH]. The van der Waals surface area contributed by atoms with Crippen molar-refractivity contribution in [3.05, 3.63) is 0 Å². The van der Waals surface area contributed by atoms with Crippen LogP contribution in [0.25, 0.3) is 0 Å². The van der Waals surface area contributed by atoms with Gasteiger partial charge < -0.3 is 5.48 Å². The molecule has 3 aliphatic carbocycles. The molecule has 1 heteroatoms. The van der Waals surface area contributed by atoms with E-state index in [1.807, 2.05) is 0 Å². The first kappa shape index (κ1) is 19.3. The monoisotopic (exact) mass is 326 g/mol. The molecule has 0 aliphatic heterocycles. The van der Waals surface area contributed by atoms with Gasteiger partial charge in [-0.1, -0.05) is 52.4 Å². The maximum atomic E-state index is 2.46. The molecule has 0 spiro atoms. The molecule has 0 heterocycles. The predicted molar refractivity (Wildman–Crippen MR) is 105 cm³/mol. The van der Waals surface area contributed by atoms with Gasteiger partial charge in [-0.05, 0) is 86.9 Å². The van der Waals surface area contributed by atoms with Gasteiger partial charge in [0.25, 0.3) is 0 Å². The van der Waals surface area contributed by atoms with Crippen molar-refractivity contribution in [2.45, 2.75) is 104 Å². The van der Waals surface area contributed by atoms with E-state index in [0.717, 1.165) is 35.5 Å². The molecule has 0 bridgehead atoms. The molecule has 1 nitrogen and oxygen atoms in total. The lowest BCUT2D eigenvalue weighted by molar-refractivity contribution is 0.105. The maximum Gasteiger partial charge on any atom is 0 e. The van der Waals surface area contributed by atoms with Crippen LogP contribution in [0.1, 0.15) is 107 Å². The van der Waals surface area contributed by atoms with Gasteiger partial charge in [0.05, 0.1) is 0 Å². The van der Waals surface area contributed by atoms with Crippen molar-refractivity contribution in [1.82, 2.24) is 0 Å². The van der Waals surface area contributed by atoms with Gasteiger partial charge in [-0.2, -0.15) is 0 Å². The van der Waals surface area contributed by atoms with Gasteiger partial charge in [0.2, 0.25) is 0 Å². The highest BCUT2D eigenvalue weighted by atomic mass is 16.0. The molecule has 3 saturated carbocycles. The largest absolute Gasteiger partial charge is 0.412 e. The first-order valence-corrected chi connectivity index (χ1v) is 10.8. The van der Waals surface area contributed by atoms with Crippen LogP contribution in [-0.4, -0.2) is 5.48 Å². The van der Waals surface area contributed by atoms with E-state index in [4.69, 9.17) is 0 Å². The Morgan fingerprint density at radius 1 is 0.609 bits per heavy atom. The van der Waals surface area contributed by atoms with Crippen LogP contribution in [0.15, 0.2) is 0 Å². The van der Waals surface area contributed by atoms with E-state index < -0.39 is 0 Å². The molecule has 3 rings (SSSR count). The third-order valence-corrected chi connectivity index (χ3v) is 7.80. The smallest absolute Gasteiger partial charge is 0 e. The summed E-state index contributed by atoms with van der Waals surface area (Å²) in [6, 6.07) is 0. The lowest BCUT2D eigenvalue weighted by atomic mass is 9.65.